The van der Waals surface area contributed by atoms with Gasteiger partial charge in [0, 0.05) is 5.41 Å². The van der Waals surface area contributed by atoms with Crippen LogP contribution in [0.5, 0.6) is 5.75 Å². The summed E-state index contributed by atoms with van der Waals surface area (Å²) in [5.74, 6) is 0.319. The monoisotopic (exact) mass is 401 g/mol. The molecule has 4 heteroatoms. The quantitative estimate of drug-likeness (QED) is 0.623. The highest BCUT2D eigenvalue weighted by Crippen LogP contribution is 2.55. The van der Waals surface area contributed by atoms with Crippen LogP contribution in [-0.4, -0.2) is 28.9 Å². The summed E-state index contributed by atoms with van der Waals surface area (Å²) in [5.41, 5.74) is 3.00. The van der Waals surface area contributed by atoms with E-state index in [9.17, 15) is 10.2 Å². The van der Waals surface area contributed by atoms with E-state index in [0.29, 0.717) is 5.75 Å². The molecule has 0 radical (unpaired) electrons. The molecule has 0 unspecified atom stereocenters. The second kappa shape index (κ2) is 8.86. The zero-order valence-corrected chi connectivity index (χ0v) is 17.3. The first kappa shape index (κ1) is 21.2. The molecule has 0 amide bonds. The summed E-state index contributed by atoms with van der Waals surface area (Å²) in [6.07, 6.45) is 7.86. The minimum absolute atomic E-state index is 0. The number of benzene rings is 2. The summed E-state index contributed by atoms with van der Waals surface area (Å²) in [7, 11) is 0. The number of halogens is 1. The summed E-state index contributed by atoms with van der Waals surface area (Å²) in [5, 5.41) is 25.3. The Morgan fingerprint density at radius 3 is 2.54 bits per heavy atom. The van der Waals surface area contributed by atoms with Crippen LogP contribution in [0.3, 0.4) is 0 Å². The van der Waals surface area contributed by atoms with Gasteiger partial charge in [0.2, 0.25) is 0 Å². The minimum atomic E-state index is -0.632. The summed E-state index contributed by atoms with van der Waals surface area (Å²) in [4.78, 5) is 0. The van der Waals surface area contributed by atoms with Crippen molar-refractivity contribution in [1.29, 1.82) is 0 Å². The van der Waals surface area contributed by atoms with Gasteiger partial charge in [-0.25, -0.2) is 0 Å². The highest BCUT2D eigenvalue weighted by atomic mass is 35.5. The predicted octanol–water partition coefficient (Wildman–Crippen LogP) is 4.53. The van der Waals surface area contributed by atoms with Gasteiger partial charge in [-0.15, -0.1) is 12.4 Å². The van der Waals surface area contributed by atoms with Gasteiger partial charge in [0.15, 0.2) is 0 Å². The van der Waals surface area contributed by atoms with E-state index in [4.69, 9.17) is 0 Å². The fraction of sp³-hybridized carbons (Fsp3) is 0.500. The van der Waals surface area contributed by atoms with Crippen LogP contribution in [0.15, 0.2) is 48.5 Å². The Labute approximate surface area is 174 Å². The van der Waals surface area contributed by atoms with Gasteiger partial charge in [0.25, 0.3) is 0 Å². The maximum atomic E-state index is 11.6. The molecule has 2 aromatic carbocycles. The van der Waals surface area contributed by atoms with Crippen molar-refractivity contribution in [2.75, 3.05) is 13.1 Å². The second-order valence-electron chi connectivity index (χ2n) is 8.40. The van der Waals surface area contributed by atoms with Gasteiger partial charge in [-0.3, -0.25) is 0 Å². The lowest BCUT2D eigenvalue weighted by Crippen LogP contribution is -2.57. The maximum absolute atomic E-state index is 11.6. The van der Waals surface area contributed by atoms with E-state index < -0.39 is 5.60 Å². The number of rotatable bonds is 6. The Hall–Kier alpha value is -1.55. The molecule has 3 nitrogen and oxygen atoms in total. The van der Waals surface area contributed by atoms with Crippen molar-refractivity contribution in [2.24, 2.45) is 0 Å². The zero-order chi connectivity index (χ0) is 18.7. The lowest BCUT2D eigenvalue weighted by atomic mass is 9.53. The van der Waals surface area contributed by atoms with E-state index in [2.05, 4.69) is 41.7 Å². The summed E-state index contributed by atoms with van der Waals surface area (Å²) in [6, 6.07) is 16.3. The van der Waals surface area contributed by atoms with Crippen molar-refractivity contribution < 1.29 is 10.2 Å². The third kappa shape index (κ3) is 3.94. The SMILES string of the molecule is Cl.Oc1ccc2c(c1)[C@@]1(CCNCCc3ccccc3)CCCC[C@@]1(O)CC2. The maximum Gasteiger partial charge on any atom is 0.115 e. The average Bonchev–Trinajstić information content (AvgIpc) is 2.69. The second-order valence-corrected chi connectivity index (χ2v) is 8.40. The van der Waals surface area contributed by atoms with Crippen LogP contribution in [0.25, 0.3) is 0 Å². The molecule has 0 bridgehead atoms. The smallest absolute Gasteiger partial charge is 0.115 e. The lowest BCUT2D eigenvalue weighted by Gasteiger charge is -2.55. The molecule has 152 valence electrons. The van der Waals surface area contributed by atoms with Crippen LogP contribution >= 0.6 is 12.4 Å². The number of hydrogen-bond donors (Lipinski definition) is 3. The summed E-state index contributed by atoms with van der Waals surface area (Å²) < 4.78 is 0. The predicted molar refractivity (Wildman–Crippen MR) is 116 cm³/mol. The van der Waals surface area contributed by atoms with Gasteiger partial charge in [0.05, 0.1) is 5.60 Å². The van der Waals surface area contributed by atoms with Gasteiger partial charge in [-0.05, 0) is 80.4 Å². The largest absolute Gasteiger partial charge is 0.508 e. The van der Waals surface area contributed by atoms with Crippen molar-refractivity contribution >= 4 is 12.4 Å². The van der Waals surface area contributed by atoms with Crippen molar-refractivity contribution in [2.45, 2.75) is 62.4 Å². The topological polar surface area (TPSA) is 52.5 Å². The normalized spacial score (nSPS) is 26.0. The lowest BCUT2D eigenvalue weighted by molar-refractivity contribution is -0.0869. The zero-order valence-electron chi connectivity index (χ0n) is 16.5. The van der Waals surface area contributed by atoms with Crippen LogP contribution in [0.1, 0.15) is 55.2 Å². The first-order valence-electron chi connectivity index (χ1n) is 10.4. The minimum Gasteiger partial charge on any atom is -0.508 e. The Morgan fingerprint density at radius 1 is 0.929 bits per heavy atom. The number of aromatic hydroxyl groups is 1. The number of fused-ring (bicyclic) bond motifs is 3. The van der Waals surface area contributed by atoms with Gasteiger partial charge in [-0.1, -0.05) is 49.2 Å². The Kier molecular flexibility index (Phi) is 6.69. The third-order valence-electron chi connectivity index (χ3n) is 6.91. The highest BCUT2D eigenvalue weighted by molar-refractivity contribution is 5.85. The molecular weight excluding hydrogens is 370 g/mol. The van der Waals surface area contributed by atoms with Gasteiger partial charge < -0.3 is 15.5 Å². The van der Waals surface area contributed by atoms with E-state index in [1.165, 1.54) is 16.7 Å². The van der Waals surface area contributed by atoms with Gasteiger partial charge >= 0.3 is 0 Å². The first-order chi connectivity index (χ1) is 13.1. The number of hydrogen-bond acceptors (Lipinski definition) is 3. The molecule has 4 rings (SSSR count). The molecule has 28 heavy (non-hydrogen) atoms. The van der Waals surface area contributed by atoms with Crippen molar-refractivity contribution in [3.63, 3.8) is 0 Å². The molecule has 0 saturated heterocycles. The third-order valence-corrected chi connectivity index (χ3v) is 6.91. The fourth-order valence-corrected chi connectivity index (χ4v) is 5.43. The average molecular weight is 402 g/mol. The van der Waals surface area contributed by atoms with E-state index in [1.54, 1.807) is 6.07 Å². The fourth-order valence-electron chi connectivity index (χ4n) is 5.43. The molecule has 2 aliphatic carbocycles. The standard InChI is InChI=1S/C24H31NO2.ClH/c26-21-9-8-20-10-14-24(27)13-5-4-12-23(24,22(20)18-21)15-17-25-16-11-19-6-2-1-3-7-19;/h1-3,6-9,18,25-27H,4-5,10-17H2;1H/t23-,24+;/m0./s1. The Morgan fingerprint density at radius 2 is 1.71 bits per heavy atom. The number of aryl methyl sites for hydroxylation is 1. The van der Waals surface area contributed by atoms with Crippen LogP contribution < -0.4 is 5.32 Å². The number of nitrogens with one attached hydrogen (secondary N) is 1. The molecular formula is C24H32ClNO2. The number of aliphatic hydroxyl groups is 1. The summed E-state index contributed by atoms with van der Waals surface area (Å²) in [6.45, 7) is 1.84. The molecule has 0 aromatic heterocycles. The molecule has 1 fully saturated rings. The molecule has 3 N–H and O–H groups in total. The van der Waals surface area contributed by atoms with E-state index in [1.807, 2.05) is 6.07 Å². The van der Waals surface area contributed by atoms with Crippen molar-refractivity contribution in [1.82, 2.24) is 5.32 Å². The molecule has 0 aliphatic heterocycles. The van der Waals surface area contributed by atoms with E-state index in [-0.39, 0.29) is 17.8 Å². The molecule has 0 heterocycles. The van der Waals surface area contributed by atoms with Crippen LogP contribution in [0.4, 0.5) is 0 Å². The first-order valence-corrected chi connectivity index (χ1v) is 10.4. The Bertz CT molecular complexity index is 781. The van der Waals surface area contributed by atoms with Crippen molar-refractivity contribution in [3.8, 4) is 5.75 Å². The van der Waals surface area contributed by atoms with E-state index in [0.717, 1.165) is 64.5 Å². The Balaban J connectivity index is 0.00000225. The highest BCUT2D eigenvalue weighted by Gasteiger charge is 2.54. The molecule has 2 aromatic rings. The van der Waals surface area contributed by atoms with Gasteiger partial charge in [0.1, 0.15) is 5.75 Å². The number of phenols is 1. The molecule has 1 saturated carbocycles. The number of phenolic OH excluding ortho intramolecular Hbond substituents is 1. The van der Waals surface area contributed by atoms with Crippen molar-refractivity contribution in [3.05, 3.63) is 65.2 Å². The summed E-state index contributed by atoms with van der Waals surface area (Å²) >= 11 is 0. The molecule has 2 atom stereocenters. The van der Waals surface area contributed by atoms with Crippen LogP contribution in [0.2, 0.25) is 0 Å². The van der Waals surface area contributed by atoms with E-state index >= 15 is 0 Å². The van der Waals surface area contributed by atoms with Crippen LogP contribution in [-0.2, 0) is 18.3 Å². The van der Waals surface area contributed by atoms with Crippen LogP contribution in [0, 0.1) is 0 Å². The molecule has 0 spiro atoms. The molecule has 2 aliphatic rings. The van der Waals surface area contributed by atoms with Gasteiger partial charge in [-0.2, -0.15) is 0 Å².